The third-order valence-electron chi connectivity index (χ3n) is 3.15. The predicted octanol–water partition coefficient (Wildman–Crippen LogP) is 3.62. The highest BCUT2D eigenvalue weighted by atomic mass is 16.4. The monoisotopic (exact) mass is 283 g/mol. The fourth-order valence-corrected chi connectivity index (χ4v) is 2.32. The maximum Gasteiger partial charge on any atom is 0.332 e. The van der Waals surface area contributed by atoms with E-state index in [4.69, 9.17) is 0 Å². The third kappa shape index (κ3) is 5.76. The van der Waals surface area contributed by atoms with Gasteiger partial charge < -0.3 is 10.0 Å². The van der Waals surface area contributed by atoms with Gasteiger partial charge in [-0.1, -0.05) is 40.5 Å². The van der Waals surface area contributed by atoms with E-state index >= 15 is 0 Å². The first-order valence-electron chi connectivity index (χ1n) is 7.77. The predicted molar refractivity (Wildman–Crippen MR) is 81.6 cm³/mol. The van der Waals surface area contributed by atoms with E-state index in [0.29, 0.717) is 37.1 Å². The SMILES string of the molecule is CCC/C(C(=O)O)=C(\CCC)C(=O)N(CCC)CCC. The summed E-state index contributed by atoms with van der Waals surface area (Å²) in [7, 11) is 0. The van der Waals surface area contributed by atoms with Gasteiger partial charge in [-0.05, 0) is 25.7 Å². The largest absolute Gasteiger partial charge is 0.478 e. The van der Waals surface area contributed by atoms with Crippen molar-refractivity contribution >= 4 is 11.9 Å². The molecule has 20 heavy (non-hydrogen) atoms. The normalized spacial score (nSPS) is 12.0. The molecule has 0 aromatic rings. The van der Waals surface area contributed by atoms with Gasteiger partial charge in [0.15, 0.2) is 0 Å². The zero-order valence-electron chi connectivity index (χ0n) is 13.4. The first-order chi connectivity index (χ1) is 9.53. The number of aliphatic carboxylic acids is 1. The number of nitrogens with zero attached hydrogens (tertiary/aromatic N) is 1. The Morgan fingerprint density at radius 3 is 1.60 bits per heavy atom. The minimum atomic E-state index is -0.948. The molecule has 1 N–H and O–H groups in total. The lowest BCUT2D eigenvalue weighted by Crippen LogP contribution is -2.34. The molecular weight excluding hydrogens is 254 g/mol. The van der Waals surface area contributed by atoms with Crippen LogP contribution in [-0.4, -0.2) is 35.0 Å². The number of rotatable bonds is 10. The Labute approximate surface area is 122 Å². The zero-order valence-corrected chi connectivity index (χ0v) is 13.4. The molecule has 0 fully saturated rings. The second-order valence-electron chi connectivity index (χ2n) is 5.05. The van der Waals surface area contributed by atoms with Gasteiger partial charge in [0.25, 0.3) is 0 Å². The molecule has 0 unspecified atom stereocenters. The van der Waals surface area contributed by atoms with Crippen molar-refractivity contribution < 1.29 is 14.7 Å². The number of carboxylic acids is 1. The molecule has 4 heteroatoms. The van der Waals surface area contributed by atoms with E-state index in [1.54, 1.807) is 4.90 Å². The van der Waals surface area contributed by atoms with Crippen molar-refractivity contribution in [2.75, 3.05) is 13.1 Å². The summed E-state index contributed by atoms with van der Waals surface area (Å²) in [5.74, 6) is -1.03. The number of amides is 1. The van der Waals surface area contributed by atoms with Crippen molar-refractivity contribution in [2.45, 2.75) is 66.2 Å². The fourth-order valence-electron chi connectivity index (χ4n) is 2.32. The van der Waals surface area contributed by atoms with Gasteiger partial charge in [0.1, 0.15) is 0 Å². The molecule has 0 saturated carbocycles. The van der Waals surface area contributed by atoms with E-state index in [-0.39, 0.29) is 5.91 Å². The maximum atomic E-state index is 12.6. The first kappa shape index (κ1) is 18.7. The minimum absolute atomic E-state index is 0.0820. The standard InChI is InChI=1S/C16H29NO3/c1-5-9-13(14(10-6-2)16(19)20)15(18)17(11-7-3)12-8-4/h5-12H2,1-4H3,(H,19,20)/b14-13-. The second-order valence-corrected chi connectivity index (χ2v) is 5.05. The van der Waals surface area contributed by atoms with E-state index in [1.165, 1.54) is 0 Å². The lowest BCUT2D eigenvalue weighted by molar-refractivity contribution is -0.134. The van der Waals surface area contributed by atoms with Crippen LogP contribution in [0.4, 0.5) is 0 Å². The van der Waals surface area contributed by atoms with Crippen LogP contribution in [0.15, 0.2) is 11.1 Å². The van der Waals surface area contributed by atoms with Gasteiger partial charge >= 0.3 is 5.97 Å². The molecule has 0 aliphatic rings. The second kappa shape index (κ2) is 10.5. The van der Waals surface area contributed by atoms with Gasteiger partial charge in [-0.3, -0.25) is 4.79 Å². The van der Waals surface area contributed by atoms with Crippen molar-refractivity contribution in [3.05, 3.63) is 11.1 Å². The van der Waals surface area contributed by atoms with Gasteiger partial charge in [0.05, 0.1) is 0 Å². The molecule has 0 rings (SSSR count). The molecular formula is C16H29NO3. The van der Waals surface area contributed by atoms with Gasteiger partial charge in [-0.2, -0.15) is 0 Å². The average molecular weight is 283 g/mol. The first-order valence-corrected chi connectivity index (χ1v) is 7.77. The number of carboxylic acid groups (broad SMARTS) is 1. The molecule has 0 radical (unpaired) electrons. The van der Waals surface area contributed by atoms with Crippen LogP contribution in [0, 0.1) is 0 Å². The van der Waals surface area contributed by atoms with Crippen molar-refractivity contribution in [1.82, 2.24) is 4.90 Å². The molecule has 0 spiro atoms. The number of hydrogen-bond acceptors (Lipinski definition) is 2. The molecule has 0 aliphatic carbocycles. The van der Waals surface area contributed by atoms with Crippen LogP contribution in [0.3, 0.4) is 0 Å². The van der Waals surface area contributed by atoms with Crippen molar-refractivity contribution in [2.24, 2.45) is 0 Å². The Morgan fingerprint density at radius 1 is 0.800 bits per heavy atom. The highest BCUT2D eigenvalue weighted by Gasteiger charge is 2.23. The van der Waals surface area contributed by atoms with Crippen molar-refractivity contribution in [1.29, 1.82) is 0 Å². The highest BCUT2D eigenvalue weighted by molar-refractivity contribution is 6.02. The van der Waals surface area contributed by atoms with Crippen molar-refractivity contribution in [3.63, 3.8) is 0 Å². The van der Waals surface area contributed by atoms with Crippen LogP contribution in [0.5, 0.6) is 0 Å². The van der Waals surface area contributed by atoms with Gasteiger partial charge in [-0.15, -0.1) is 0 Å². The Kier molecular flexibility index (Phi) is 9.77. The van der Waals surface area contributed by atoms with E-state index in [2.05, 4.69) is 0 Å². The van der Waals surface area contributed by atoms with Crippen LogP contribution in [-0.2, 0) is 9.59 Å². The third-order valence-corrected chi connectivity index (χ3v) is 3.15. The molecule has 0 atom stereocenters. The van der Waals surface area contributed by atoms with Crippen LogP contribution in [0.25, 0.3) is 0 Å². The molecule has 4 nitrogen and oxygen atoms in total. The lowest BCUT2D eigenvalue weighted by Gasteiger charge is -2.24. The summed E-state index contributed by atoms with van der Waals surface area (Å²) in [4.78, 5) is 25.9. The zero-order chi connectivity index (χ0) is 15.5. The summed E-state index contributed by atoms with van der Waals surface area (Å²) in [6.45, 7) is 9.36. The lowest BCUT2D eigenvalue weighted by atomic mass is 9.98. The summed E-state index contributed by atoms with van der Waals surface area (Å²) in [6, 6.07) is 0. The molecule has 0 saturated heterocycles. The Morgan fingerprint density at radius 2 is 1.25 bits per heavy atom. The minimum Gasteiger partial charge on any atom is -0.478 e. The van der Waals surface area contributed by atoms with Gasteiger partial charge in [0.2, 0.25) is 5.91 Å². The van der Waals surface area contributed by atoms with Gasteiger partial charge in [-0.25, -0.2) is 4.79 Å². The van der Waals surface area contributed by atoms with E-state index in [9.17, 15) is 14.7 Å². The topological polar surface area (TPSA) is 57.6 Å². The highest BCUT2D eigenvalue weighted by Crippen LogP contribution is 2.19. The summed E-state index contributed by atoms with van der Waals surface area (Å²) in [5, 5.41) is 9.36. The molecule has 0 aliphatic heterocycles. The average Bonchev–Trinajstić information content (AvgIpc) is 2.41. The molecule has 0 aromatic heterocycles. The van der Waals surface area contributed by atoms with Gasteiger partial charge in [0, 0.05) is 24.2 Å². The summed E-state index contributed by atoms with van der Waals surface area (Å²) >= 11 is 0. The summed E-state index contributed by atoms with van der Waals surface area (Å²) in [6.07, 6.45) is 4.31. The quantitative estimate of drug-likeness (QED) is 0.623. The molecule has 0 heterocycles. The molecule has 0 aromatic carbocycles. The van der Waals surface area contributed by atoms with E-state index in [0.717, 1.165) is 25.7 Å². The molecule has 1 amide bonds. The van der Waals surface area contributed by atoms with Crippen LogP contribution in [0.1, 0.15) is 66.2 Å². The van der Waals surface area contributed by atoms with Crippen LogP contribution >= 0.6 is 0 Å². The number of hydrogen-bond donors (Lipinski definition) is 1. The van der Waals surface area contributed by atoms with E-state index < -0.39 is 5.97 Å². The summed E-state index contributed by atoms with van der Waals surface area (Å²) < 4.78 is 0. The number of carbonyl (C=O) groups excluding carboxylic acids is 1. The van der Waals surface area contributed by atoms with E-state index in [1.807, 2.05) is 27.7 Å². The molecule has 0 bridgehead atoms. The van der Waals surface area contributed by atoms with Crippen molar-refractivity contribution in [3.8, 4) is 0 Å². The van der Waals surface area contributed by atoms with Crippen LogP contribution in [0.2, 0.25) is 0 Å². The Hall–Kier alpha value is -1.32. The Balaban J connectivity index is 5.44. The molecule has 116 valence electrons. The smallest absolute Gasteiger partial charge is 0.332 e. The summed E-state index contributed by atoms with van der Waals surface area (Å²) in [5.41, 5.74) is 0.806. The fraction of sp³-hybridized carbons (Fsp3) is 0.750. The number of carbonyl (C=O) groups is 2. The Bertz CT molecular complexity index is 342. The van der Waals surface area contributed by atoms with Crippen LogP contribution < -0.4 is 0 Å². The maximum absolute atomic E-state index is 12.6.